The monoisotopic (exact) mass is 290 g/mol. The maximum absolute atomic E-state index is 5.96. The standard InChI is InChI=1S/C16H22N2OS/c1-12(2)19-15-10-13(17)9-14(11-15)18(3)7-6-16-5-4-8-20-16/h4-5,8-12H,6-7,17H2,1-3H3. The van der Waals surface area contributed by atoms with Gasteiger partial charge in [0.05, 0.1) is 6.10 Å². The zero-order valence-electron chi connectivity index (χ0n) is 12.3. The summed E-state index contributed by atoms with van der Waals surface area (Å²) in [4.78, 5) is 3.61. The van der Waals surface area contributed by atoms with Gasteiger partial charge in [0.1, 0.15) is 5.75 Å². The number of nitrogen functional groups attached to an aromatic ring is 1. The van der Waals surface area contributed by atoms with E-state index >= 15 is 0 Å². The second kappa shape index (κ2) is 6.66. The van der Waals surface area contributed by atoms with Crippen molar-refractivity contribution < 1.29 is 4.74 Å². The van der Waals surface area contributed by atoms with Gasteiger partial charge >= 0.3 is 0 Å². The highest BCUT2D eigenvalue weighted by atomic mass is 32.1. The van der Waals surface area contributed by atoms with Crippen LogP contribution in [-0.4, -0.2) is 19.7 Å². The minimum atomic E-state index is 0.154. The van der Waals surface area contributed by atoms with E-state index in [2.05, 4.69) is 29.5 Å². The molecule has 4 heteroatoms. The molecule has 0 fully saturated rings. The van der Waals surface area contributed by atoms with Crippen LogP contribution in [0.5, 0.6) is 5.75 Å². The number of benzene rings is 1. The Morgan fingerprint density at radius 1 is 1.30 bits per heavy atom. The van der Waals surface area contributed by atoms with Crippen molar-refractivity contribution in [2.45, 2.75) is 26.4 Å². The van der Waals surface area contributed by atoms with Crippen molar-refractivity contribution in [1.29, 1.82) is 0 Å². The molecule has 0 aliphatic carbocycles. The zero-order chi connectivity index (χ0) is 14.5. The van der Waals surface area contributed by atoms with Gasteiger partial charge in [-0.3, -0.25) is 0 Å². The first kappa shape index (κ1) is 14.7. The van der Waals surface area contributed by atoms with Gasteiger partial charge < -0.3 is 15.4 Å². The van der Waals surface area contributed by atoms with Crippen LogP contribution in [0.2, 0.25) is 0 Å². The topological polar surface area (TPSA) is 38.5 Å². The van der Waals surface area contributed by atoms with Gasteiger partial charge in [-0.05, 0) is 37.8 Å². The number of anilines is 2. The van der Waals surface area contributed by atoms with E-state index in [1.54, 1.807) is 11.3 Å². The van der Waals surface area contributed by atoms with E-state index < -0.39 is 0 Å². The Hall–Kier alpha value is -1.68. The van der Waals surface area contributed by atoms with Crippen molar-refractivity contribution in [3.05, 3.63) is 40.6 Å². The molecule has 108 valence electrons. The molecule has 1 aromatic heterocycles. The molecule has 3 nitrogen and oxygen atoms in total. The molecular formula is C16H22N2OS. The SMILES string of the molecule is CC(C)Oc1cc(N)cc(N(C)CCc2cccs2)c1. The average molecular weight is 290 g/mol. The number of thiophene rings is 1. The molecule has 2 N–H and O–H groups in total. The van der Waals surface area contributed by atoms with Crippen LogP contribution in [0.3, 0.4) is 0 Å². The summed E-state index contributed by atoms with van der Waals surface area (Å²) in [5, 5.41) is 2.12. The summed E-state index contributed by atoms with van der Waals surface area (Å²) in [5.41, 5.74) is 7.79. The van der Waals surface area contributed by atoms with Crippen LogP contribution in [0.1, 0.15) is 18.7 Å². The molecule has 0 unspecified atom stereocenters. The van der Waals surface area contributed by atoms with Crippen molar-refractivity contribution in [1.82, 2.24) is 0 Å². The molecule has 1 aromatic carbocycles. The number of rotatable bonds is 6. The normalized spacial score (nSPS) is 10.8. The Labute approximate surface area is 125 Å². The molecule has 1 heterocycles. The van der Waals surface area contributed by atoms with Crippen LogP contribution in [0.4, 0.5) is 11.4 Å². The van der Waals surface area contributed by atoms with Crippen LogP contribution in [0, 0.1) is 0 Å². The summed E-state index contributed by atoms with van der Waals surface area (Å²) >= 11 is 1.80. The fourth-order valence-electron chi connectivity index (χ4n) is 2.03. The lowest BCUT2D eigenvalue weighted by atomic mass is 10.2. The predicted octanol–water partition coefficient (Wildman–Crippen LogP) is 3.80. The maximum atomic E-state index is 5.96. The minimum absolute atomic E-state index is 0.154. The van der Waals surface area contributed by atoms with E-state index in [9.17, 15) is 0 Å². The van der Waals surface area contributed by atoms with Crippen molar-refractivity contribution >= 4 is 22.7 Å². The second-order valence-corrected chi connectivity index (χ2v) is 6.21. The van der Waals surface area contributed by atoms with E-state index in [-0.39, 0.29) is 6.10 Å². The van der Waals surface area contributed by atoms with Gasteiger partial charge in [0, 0.05) is 42.0 Å². The summed E-state index contributed by atoms with van der Waals surface area (Å²) in [6.45, 7) is 5.00. The molecule has 0 saturated carbocycles. The van der Waals surface area contributed by atoms with Gasteiger partial charge in [-0.2, -0.15) is 0 Å². The first-order chi connectivity index (χ1) is 9.54. The third-order valence-corrected chi connectivity index (χ3v) is 3.94. The summed E-state index contributed by atoms with van der Waals surface area (Å²) < 4.78 is 5.73. The van der Waals surface area contributed by atoms with Crippen molar-refractivity contribution in [3.8, 4) is 5.75 Å². The van der Waals surface area contributed by atoms with Gasteiger partial charge in [-0.15, -0.1) is 11.3 Å². The van der Waals surface area contributed by atoms with Crippen LogP contribution in [-0.2, 0) is 6.42 Å². The molecule has 0 atom stereocenters. The summed E-state index contributed by atoms with van der Waals surface area (Å²) in [6.07, 6.45) is 1.20. The molecule has 0 saturated heterocycles. The van der Waals surface area contributed by atoms with E-state index in [1.807, 2.05) is 32.0 Å². The van der Waals surface area contributed by atoms with E-state index in [0.717, 1.165) is 30.1 Å². The fourth-order valence-corrected chi connectivity index (χ4v) is 2.73. The summed E-state index contributed by atoms with van der Waals surface area (Å²) in [7, 11) is 2.08. The van der Waals surface area contributed by atoms with Crippen molar-refractivity contribution in [2.24, 2.45) is 0 Å². The molecule has 20 heavy (non-hydrogen) atoms. The minimum Gasteiger partial charge on any atom is -0.491 e. The lowest BCUT2D eigenvalue weighted by Crippen LogP contribution is -2.20. The molecule has 2 aromatic rings. The number of hydrogen-bond donors (Lipinski definition) is 1. The molecule has 0 bridgehead atoms. The third kappa shape index (κ3) is 4.17. The van der Waals surface area contributed by atoms with Gasteiger partial charge in [0.2, 0.25) is 0 Å². The van der Waals surface area contributed by atoms with Gasteiger partial charge in [-0.25, -0.2) is 0 Å². The smallest absolute Gasteiger partial charge is 0.123 e. The molecule has 0 spiro atoms. The van der Waals surface area contributed by atoms with Crippen LogP contribution >= 0.6 is 11.3 Å². The number of nitrogens with zero attached hydrogens (tertiary/aromatic N) is 1. The van der Waals surface area contributed by atoms with Crippen LogP contribution in [0.25, 0.3) is 0 Å². The fraction of sp³-hybridized carbons (Fsp3) is 0.375. The first-order valence-electron chi connectivity index (χ1n) is 6.85. The van der Waals surface area contributed by atoms with Crippen LogP contribution in [0.15, 0.2) is 35.7 Å². The van der Waals surface area contributed by atoms with Gasteiger partial charge in [-0.1, -0.05) is 6.07 Å². The van der Waals surface area contributed by atoms with E-state index in [1.165, 1.54) is 4.88 Å². The predicted molar refractivity (Wildman–Crippen MR) is 87.9 cm³/mol. The molecule has 2 rings (SSSR count). The Balaban J connectivity index is 2.04. The Kier molecular flexibility index (Phi) is 4.90. The molecule has 0 amide bonds. The van der Waals surface area contributed by atoms with Crippen molar-refractivity contribution in [3.63, 3.8) is 0 Å². The van der Waals surface area contributed by atoms with Crippen LogP contribution < -0.4 is 15.4 Å². The lowest BCUT2D eigenvalue weighted by molar-refractivity contribution is 0.242. The summed E-state index contributed by atoms with van der Waals surface area (Å²) in [5.74, 6) is 0.831. The van der Waals surface area contributed by atoms with E-state index in [0.29, 0.717) is 0 Å². The summed E-state index contributed by atoms with van der Waals surface area (Å²) in [6, 6.07) is 10.2. The lowest BCUT2D eigenvalue weighted by Gasteiger charge is -2.21. The third-order valence-electron chi connectivity index (χ3n) is 3.00. The quantitative estimate of drug-likeness (QED) is 0.822. The number of nitrogens with two attached hydrogens (primary N) is 1. The van der Waals surface area contributed by atoms with Gasteiger partial charge in [0.15, 0.2) is 0 Å². The Bertz CT molecular complexity index is 537. The van der Waals surface area contributed by atoms with E-state index in [4.69, 9.17) is 10.5 Å². The number of hydrogen-bond acceptors (Lipinski definition) is 4. The highest BCUT2D eigenvalue weighted by Crippen LogP contribution is 2.26. The number of ether oxygens (including phenoxy) is 1. The second-order valence-electron chi connectivity index (χ2n) is 5.18. The Morgan fingerprint density at radius 3 is 2.75 bits per heavy atom. The van der Waals surface area contributed by atoms with Gasteiger partial charge in [0.25, 0.3) is 0 Å². The highest BCUT2D eigenvalue weighted by molar-refractivity contribution is 7.09. The first-order valence-corrected chi connectivity index (χ1v) is 7.73. The molecule has 0 radical (unpaired) electrons. The van der Waals surface area contributed by atoms with Crippen molar-refractivity contribution in [2.75, 3.05) is 24.2 Å². The number of likely N-dealkylation sites (N-methyl/N-ethyl adjacent to an activating group) is 1. The average Bonchev–Trinajstić information content (AvgIpc) is 2.87. The molecule has 0 aliphatic rings. The maximum Gasteiger partial charge on any atom is 0.123 e. The largest absolute Gasteiger partial charge is 0.491 e. The molecular weight excluding hydrogens is 268 g/mol. The Morgan fingerprint density at radius 2 is 2.10 bits per heavy atom. The molecule has 0 aliphatic heterocycles. The zero-order valence-corrected chi connectivity index (χ0v) is 13.1. The highest BCUT2D eigenvalue weighted by Gasteiger charge is 2.07.